The number of hydrogen-bond acceptors (Lipinski definition) is 6. The Morgan fingerprint density at radius 2 is 1.70 bits per heavy atom. The van der Waals surface area contributed by atoms with Gasteiger partial charge in [0.05, 0.1) is 25.7 Å². The predicted molar refractivity (Wildman–Crippen MR) is 76.1 cm³/mol. The first kappa shape index (κ1) is 17.6. The van der Waals surface area contributed by atoms with Crippen molar-refractivity contribution in [2.75, 3.05) is 25.7 Å². The van der Waals surface area contributed by atoms with Crippen molar-refractivity contribution in [3.8, 4) is 0 Å². The first-order valence-electron chi connectivity index (χ1n) is 6.29. The standard InChI is InChI=1S/C12H22O6S2/c1-10-6-5-7-11(8-17-19(3,13)14)12(10,2)9-18-20(4,15)16/h5-6,10-11H,7-9H2,1-4H3/t10-,11+,12+/m1/s1. The Hall–Kier alpha value is -0.440. The van der Waals surface area contributed by atoms with Crippen LogP contribution in [-0.4, -0.2) is 42.6 Å². The second-order valence-corrected chi connectivity index (χ2v) is 8.90. The van der Waals surface area contributed by atoms with Gasteiger partial charge in [0.25, 0.3) is 20.2 Å². The van der Waals surface area contributed by atoms with Crippen molar-refractivity contribution in [1.29, 1.82) is 0 Å². The highest BCUT2D eigenvalue weighted by molar-refractivity contribution is 7.86. The van der Waals surface area contributed by atoms with Gasteiger partial charge in [0.1, 0.15) is 0 Å². The predicted octanol–water partition coefficient (Wildman–Crippen LogP) is 1.16. The highest BCUT2D eigenvalue weighted by Gasteiger charge is 2.41. The summed E-state index contributed by atoms with van der Waals surface area (Å²) in [4.78, 5) is 0. The zero-order valence-electron chi connectivity index (χ0n) is 12.2. The van der Waals surface area contributed by atoms with Gasteiger partial charge in [-0.15, -0.1) is 0 Å². The molecule has 1 aliphatic rings. The molecule has 0 aromatic heterocycles. The van der Waals surface area contributed by atoms with Crippen molar-refractivity contribution < 1.29 is 25.2 Å². The van der Waals surface area contributed by atoms with Crippen molar-refractivity contribution in [2.45, 2.75) is 20.3 Å². The van der Waals surface area contributed by atoms with Crippen LogP contribution in [0.15, 0.2) is 12.2 Å². The summed E-state index contributed by atoms with van der Waals surface area (Å²) in [6.45, 7) is 3.88. The van der Waals surface area contributed by atoms with E-state index in [1.54, 1.807) is 0 Å². The zero-order chi connectivity index (χ0) is 15.6. The van der Waals surface area contributed by atoms with Gasteiger partial charge in [-0.3, -0.25) is 8.37 Å². The van der Waals surface area contributed by atoms with Crippen LogP contribution in [0.3, 0.4) is 0 Å². The third-order valence-electron chi connectivity index (χ3n) is 3.89. The van der Waals surface area contributed by atoms with Gasteiger partial charge in [0.15, 0.2) is 0 Å². The van der Waals surface area contributed by atoms with E-state index in [4.69, 9.17) is 8.37 Å². The molecular formula is C12H22O6S2. The molecule has 8 heteroatoms. The fourth-order valence-electron chi connectivity index (χ4n) is 2.26. The summed E-state index contributed by atoms with van der Waals surface area (Å²) in [5, 5.41) is 0. The number of allylic oxidation sites excluding steroid dienone is 2. The molecule has 0 aromatic carbocycles. The van der Waals surface area contributed by atoms with E-state index in [1.165, 1.54) is 0 Å². The van der Waals surface area contributed by atoms with Crippen LogP contribution in [0.4, 0.5) is 0 Å². The Morgan fingerprint density at radius 3 is 2.20 bits per heavy atom. The molecule has 0 fully saturated rings. The Balaban J connectivity index is 2.87. The van der Waals surface area contributed by atoms with Gasteiger partial charge in [0.2, 0.25) is 0 Å². The maximum atomic E-state index is 11.2. The minimum absolute atomic E-state index is 0.00906. The molecule has 0 heterocycles. The SMILES string of the molecule is C[C@@H]1C=CC[C@@H](COS(C)(=O)=O)[C@@]1(C)COS(C)(=O)=O. The molecule has 0 aliphatic heterocycles. The minimum Gasteiger partial charge on any atom is -0.270 e. The minimum atomic E-state index is -3.53. The lowest BCUT2D eigenvalue weighted by Gasteiger charge is -2.42. The average molecular weight is 326 g/mol. The van der Waals surface area contributed by atoms with Crippen LogP contribution < -0.4 is 0 Å². The molecular weight excluding hydrogens is 304 g/mol. The van der Waals surface area contributed by atoms with Crippen molar-refractivity contribution in [2.24, 2.45) is 17.3 Å². The van der Waals surface area contributed by atoms with E-state index in [1.807, 2.05) is 26.0 Å². The van der Waals surface area contributed by atoms with E-state index in [0.29, 0.717) is 6.42 Å². The second kappa shape index (κ2) is 6.13. The summed E-state index contributed by atoms with van der Waals surface area (Å²) < 4.78 is 54.4. The Kier molecular flexibility index (Phi) is 5.40. The topological polar surface area (TPSA) is 86.7 Å². The summed E-state index contributed by atoms with van der Waals surface area (Å²) >= 11 is 0. The molecule has 20 heavy (non-hydrogen) atoms. The molecule has 0 unspecified atom stereocenters. The highest BCUT2D eigenvalue weighted by atomic mass is 32.2. The highest BCUT2D eigenvalue weighted by Crippen LogP contribution is 2.42. The molecule has 6 nitrogen and oxygen atoms in total. The lowest BCUT2D eigenvalue weighted by molar-refractivity contribution is 0.0286. The van der Waals surface area contributed by atoms with Crippen molar-refractivity contribution >= 4 is 20.2 Å². The van der Waals surface area contributed by atoms with E-state index in [0.717, 1.165) is 12.5 Å². The van der Waals surface area contributed by atoms with Crippen LogP contribution in [0.25, 0.3) is 0 Å². The van der Waals surface area contributed by atoms with Crippen molar-refractivity contribution in [3.05, 3.63) is 12.2 Å². The van der Waals surface area contributed by atoms with E-state index in [-0.39, 0.29) is 25.0 Å². The van der Waals surface area contributed by atoms with Crippen molar-refractivity contribution in [3.63, 3.8) is 0 Å². The quantitative estimate of drug-likeness (QED) is 0.538. The van der Waals surface area contributed by atoms with Gasteiger partial charge < -0.3 is 0 Å². The van der Waals surface area contributed by atoms with Gasteiger partial charge >= 0.3 is 0 Å². The van der Waals surface area contributed by atoms with E-state index in [2.05, 4.69) is 0 Å². The molecule has 118 valence electrons. The summed E-state index contributed by atoms with van der Waals surface area (Å²) in [5.74, 6) is -0.0647. The fraction of sp³-hybridized carbons (Fsp3) is 0.833. The molecule has 0 amide bonds. The Labute approximate surface area is 121 Å². The summed E-state index contributed by atoms with van der Waals surface area (Å²) in [6, 6.07) is 0. The van der Waals surface area contributed by atoms with Gasteiger partial charge in [-0.1, -0.05) is 26.0 Å². The smallest absolute Gasteiger partial charge is 0.264 e. The van der Waals surface area contributed by atoms with Crippen LogP contribution in [0.1, 0.15) is 20.3 Å². The zero-order valence-corrected chi connectivity index (χ0v) is 13.8. The molecule has 0 saturated carbocycles. The normalized spacial score (nSPS) is 31.4. The third-order valence-corrected chi connectivity index (χ3v) is 5.00. The first-order valence-corrected chi connectivity index (χ1v) is 9.93. The van der Waals surface area contributed by atoms with E-state index < -0.39 is 25.7 Å². The van der Waals surface area contributed by atoms with Gasteiger partial charge in [0, 0.05) is 5.41 Å². The molecule has 3 atom stereocenters. The van der Waals surface area contributed by atoms with E-state index in [9.17, 15) is 16.8 Å². The number of hydrogen-bond donors (Lipinski definition) is 0. The summed E-state index contributed by atoms with van der Waals surface area (Å²) in [7, 11) is -7.05. The molecule has 0 saturated heterocycles. The fourth-order valence-corrected chi connectivity index (χ4v) is 3.13. The first-order chi connectivity index (χ1) is 8.94. The molecule has 0 spiro atoms. The Morgan fingerprint density at radius 1 is 1.15 bits per heavy atom. The van der Waals surface area contributed by atoms with Crippen molar-refractivity contribution in [1.82, 2.24) is 0 Å². The van der Waals surface area contributed by atoms with Crippen LogP contribution in [0.2, 0.25) is 0 Å². The second-order valence-electron chi connectivity index (χ2n) is 5.61. The molecule has 0 bridgehead atoms. The molecule has 0 N–H and O–H groups in total. The van der Waals surface area contributed by atoms with Crippen LogP contribution in [0.5, 0.6) is 0 Å². The number of rotatable bonds is 6. The third kappa shape index (κ3) is 5.16. The van der Waals surface area contributed by atoms with Crippen LogP contribution in [-0.2, 0) is 28.6 Å². The largest absolute Gasteiger partial charge is 0.270 e. The van der Waals surface area contributed by atoms with E-state index >= 15 is 0 Å². The Bertz CT molecular complexity index is 563. The van der Waals surface area contributed by atoms with Gasteiger partial charge in [-0.25, -0.2) is 0 Å². The van der Waals surface area contributed by atoms with Crippen LogP contribution >= 0.6 is 0 Å². The maximum Gasteiger partial charge on any atom is 0.264 e. The van der Waals surface area contributed by atoms with Gasteiger partial charge in [-0.2, -0.15) is 16.8 Å². The lowest BCUT2D eigenvalue weighted by atomic mass is 9.65. The summed E-state index contributed by atoms with van der Waals surface area (Å²) in [5.41, 5.74) is -0.498. The van der Waals surface area contributed by atoms with Crippen LogP contribution in [0, 0.1) is 17.3 Å². The summed E-state index contributed by atoms with van der Waals surface area (Å²) in [6.07, 6.45) is 6.58. The monoisotopic (exact) mass is 326 g/mol. The molecule has 1 aliphatic carbocycles. The van der Waals surface area contributed by atoms with Gasteiger partial charge in [-0.05, 0) is 18.3 Å². The molecule has 0 aromatic rings. The maximum absolute atomic E-state index is 11.2. The molecule has 1 rings (SSSR count). The molecule has 0 radical (unpaired) electrons. The lowest BCUT2D eigenvalue weighted by Crippen LogP contribution is -2.42. The average Bonchev–Trinajstić information content (AvgIpc) is 2.27.